The van der Waals surface area contributed by atoms with Crippen LogP contribution in [-0.2, 0) is 6.18 Å². The van der Waals surface area contributed by atoms with Crippen molar-refractivity contribution >= 4 is 39.8 Å². The van der Waals surface area contributed by atoms with Crippen molar-refractivity contribution in [1.29, 1.82) is 0 Å². The molecule has 3 aromatic rings. The zero-order valence-corrected chi connectivity index (χ0v) is 22.2. The molecule has 37 heavy (non-hydrogen) atoms. The minimum absolute atomic E-state index is 0.0606. The Morgan fingerprint density at radius 3 is 2.57 bits per heavy atom. The maximum absolute atomic E-state index is 13.4. The molecule has 4 rings (SSSR count). The van der Waals surface area contributed by atoms with Gasteiger partial charge in [0, 0.05) is 42.1 Å². The lowest BCUT2D eigenvalue weighted by Gasteiger charge is -2.29. The van der Waals surface area contributed by atoms with Crippen LogP contribution in [0, 0.1) is 0 Å². The van der Waals surface area contributed by atoms with Crippen LogP contribution in [0.5, 0.6) is 0 Å². The molecule has 2 heterocycles. The van der Waals surface area contributed by atoms with Gasteiger partial charge in [-0.15, -0.1) is 11.3 Å². The van der Waals surface area contributed by atoms with Gasteiger partial charge in [-0.1, -0.05) is 43.6 Å². The number of aliphatic hydroxyl groups excluding tert-OH is 1. The third-order valence-electron chi connectivity index (χ3n) is 5.70. The highest BCUT2D eigenvalue weighted by Crippen LogP contribution is 2.36. The summed E-state index contributed by atoms with van der Waals surface area (Å²) in [4.78, 5) is 21.0. The molecular weight excluding hydrogens is 525 g/mol. The molecule has 0 spiro atoms. The van der Waals surface area contributed by atoms with Crippen LogP contribution in [0.15, 0.2) is 53.9 Å². The number of amides is 2. The molecular formula is C26H30ClF3N4O2S. The van der Waals surface area contributed by atoms with Crippen LogP contribution in [0.4, 0.5) is 28.8 Å². The largest absolute Gasteiger partial charge is 0.416 e. The number of aromatic nitrogens is 1. The highest BCUT2D eigenvalue weighted by atomic mass is 35.5. The molecule has 1 aromatic heterocycles. The van der Waals surface area contributed by atoms with Crippen molar-refractivity contribution in [2.45, 2.75) is 39.0 Å². The number of thiazole rings is 1. The van der Waals surface area contributed by atoms with E-state index >= 15 is 0 Å². The first-order valence-corrected chi connectivity index (χ1v) is 13.3. The number of carbonyl (C=O) groups is 1. The summed E-state index contributed by atoms with van der Waals surface area (Å²) in [6.45, 7) is 6.32. The predicted octanol–water partition coefficient (Wildman–Crippen LogP) is 6.81. The highest BCUT2D eigenvalue weighted by molar-refractivity contribution is 7.14. The fourth-order valence-corrected chi connectivity index (χ4v) is 4.87. The fraction of sp³-hybridized carbons (Fsp3) is 0.385. The van der Waals surface area contributed by atoms with E-state index < -0.39 is 17.8 Å². The number of rotatable bonds is 6. The molecule has 1 fully saturated rings. The van der Waals surface area contributed by atoms with Crippen molar-refractivity contribution in [3.05, 3.63) is 64.5 Å². The normalized spacial score (nSPS) is 14.6. The Balaban J connectivity index is 0.00000186. The summed E-state index contributed by atoms with van der Waals surface area (Å²) in [5.41, 5.74) is 0.498. The number of hydrogen-bond acceptors (Lipinski definition) is 5. The average Bonchev–Trinajstić information content (AvgIpc) is 3.36. The Hall–Kier alpha value is -2.66. The number of carbonyl (C=O) groups excluding carboxylic acids is 1. The van der Waals surface area contributed by atoms with Gasteiger partial charge in [-0.05, 0) is 43.2 Å². The zero-order chi connectivity index (χ0) is 27.0. The number of aliphatic hydroxyl groups is 1. The first-order chi connectivity index (χ1) is 17.7. The lowest BCUT2D eigenvalue weighted by Crippen LogP contribution is -2.43. The summed E-state index contributed by atoms with van der Waals surface area (Å²) in [6.07, 6.45) is -3.49. The van der Waals surface area contributed by atoms with Gasteiger partial charge in [0.25, 0.3) is 0 Å². The van der Waals surface area contributed by atoms with Crippen LogP contribution in [0.25, 0.3) is 11.3 Å². The summed E-state index contributed by atoms with van der Waals surface area (Å²) in [5.74, 6) is 0. The second-order valence-corrected chi connectivity index (χ2v) is 9.49. The van der Waals surface area contributed by atoms with Gasteiger partial charge < -0.3 is 15.3 Å². The number of piperidine rings is 1. The Morgan fingerprint density at radius 1 is 1.19 bits per heavy atom. The number of alkyl halides is 3. The number of hydrogen-bond donors (Lipinski definition) is 2. The number of anilines is 2. The maximum atomic E-state index is 13.4. The van der Waals surface area contributed by atoms with E-state index in [1.807, 2.05) is 19.9 Å². The molecule has 1 aliphatic heterocycles. The third kappa shape index (κ3) is 7.91. The summed E-state index contributed by atoms with van der Waals surface area (Å²) in [5, 5.41) is 14.9. The standard InChI is InChI=1S/C24H24ClF3N4O2S.C2H6/c25-18-5-1-3-16(13-18)21-15-35-23(30-21)32(19-6-2-4-17(14-19)24(26,27)28)22(34)29-9-12-31-10-7-20(33)8-11-31;1-2/h1-6,13-15,20,33H,7-12H2,(H,29,34);1-2H3. The van der Waals surface area contributed by atoms with E-state index in [2.05, 4.69) is 15.2 Å². The molecule has 200 valence electrons. The monoisotopic (exact) mass is 554 g/mol. The van der Waals surface area contributed by atoms with Crippen LogP contribution in [0.1, 0.15) is 32.3 Å². The lowest BCUT2D eigenvalue weighted by atomic mass is 10.1. The van der Waals surface area contributed by atoms with E-state index in [0.717, 1.165) is 47.0 Å². The number of likely N-dealkylation sites (tertiary alicyclic amines) is 1. The van der Waals surface area contributed by atoms with E-state index in [0.29, 0.717) is 36.6 Å². The Kier molecular flexibility index (Phi) is 10.3. The van der Waals surface area contributed by atoms with E-state index in [9.17, 15) is 23.1 Å². The van der Waals surface area contributed by atoms with Gasteiger partial charge in [0.1, 0.15) is 0 Å². The molecule has 0 unspecified atom stereocenters. The van der Waals surface area contributed by atoms with Crippen LogP contribution in [-0.4, -0.2) is 53.3 Å². The minimum atomic E-state index is -4.55. The van der Waals surface area contributed by atoms with Crippen molar-refractivity contribution in [1.82, 2.24) is 15.2 Å². The Labute approximate surface area is 223 Å². The number of nitrogens with zero attached hydrogens (tertiary/aromatic N) is 3. The van der Waals surface area contributed by atoms with Crippen LogP contribution in [0.2, 0.25) is 5.02 Å². The molecule has 6 nitrogen and oxygen atoms in total. The molecule has 2 amide bonds. The van der Waals surface area contributed by atoms with E-state index in [4.69, 9.17) is 11.6 Å². The zero-order valence-electron chi connectivity index (χ0n) is 20.6. The molecule has 0 aliphatic carbocycles. The third-order valence-corrected chi connectivity index (χ3v) is 6.76. The summed E-state index contributed by atoms with van der Waals surface area (Å²) in [6, 6.07) is 11.1. The molecule has 1 saturated heterocycles. The van der Waals surface area contributed by atoms with E-state index in [1.54, 1.807) is 23.6 Å². The van der Waals surface area contributed by atoms with Crippen molar-refractivity contribution in [3.8, 4) is 11.3 Å². The SMILES string of the molecule is CC.O=C(NCCN1CCC(O)CC1)N(c1cccc(C(F)(F)F)c1)c1nc(-c2cccc(Cl)c2)cs1. The smallest absolute Gasteiger partial charge is 0.393 e. The number of nitrogens with one attached hydrogen (secondary N) is 1. The quantitative estimate of drug-likeness (QED) is 0.351. The molecule has 2 aromatic carbocycles. The molecule has 11 heteroatoms. The molecule has 0 saturated carbocycles. The van der Waals surface area contributed by atoms with Gasteiger partial charge in [-0.25, -0.2) is 14.7 Å². The molecule has 0 bridgehead atoms. The van der Waals surface area contributed by atoms with Crippen molar-refractivity contribution in [3.63, 3.8) is 0 Å². The Morgan fingerprint density at radius 2 is 1.89 bits per heavy atom. The van der Waals surface area contributed by atoms with Gasteiger partial charge in [0.05, 0.1) is 23.0 Å². The molecule has 0 radical (unpaired) electrons. The topological polar surface area (TPSA) is 68.7 Å². The molecule has 2 N–H and O–H groups in total. The number of benzene rings is 2. The predicted molar refractivity (Wildman–Crippen MR) is 143 cm³/mol. The first-order valence-electron chi connectivity index (χ1n) is 12.1. The van der Waals surface area contributed by atoms with Crippen LogP contribution < -0.4 is 10.2 Å². The van der Waals surface area contributed by atoms with Gasteiger partial charge >= 0.3 is 12.2 Å². The number of urea groups is 1. The summed E-state index contributed by atoms with van der Waals surface area (Å²) >= 11 is 7.22. The summed E-state index contributed by atoms with van der Waals surface area (Å²) in [7, 11) is 0. The second-order valence-electron chi connectivity index (χ2n) is 8.21. The maximum Gasteiger partial charge on any atom is 0.416 e. The van der Waals surface area contributed by atoms with Crippen LogP contribution >= 0.6 is 22.9 Å². The van der Waals surface area contributed by atoms with Gasteiger partial charge in [0.15, 0.2) is 5.13 Å². The van der Waals surface area contributed by atoms with Crippen molar-refractivity contribution in [2.24, 2.45) is 0 Å². The van der Waals surface area contributed by atoms with E-state index in [1.165, 1.54) is 12.1 Å². The van der Waals surface area contributed by atoms with Gasteiger partial charge in [-0.2, -0.15) is 13.2 Å². The minimum Gasteiger partial charge on any atom is -0.393 e. The second kappa shape index (κ2) is 13.2. The van der Waals surface area contributed by atoms with Gasteiger partial charge in [-0.3, -0.25) is 0 Å². The average molecular weight is 555 g/mol. The molecule has 0 atom stereocenters. The van der Waals surface area contributed by atoms with E-state index in [-0.39, 0.29) is 16.9 Å². The van der Waals surface area contributed by atoms with Crippen molar-refractivity contribution < 1.29 is 23.1 Å². The first kappa shape index (κ1) is 28.9. The van der Waals surface area contributed by atoms with Crippen LogP contribution in [0.3, 0.4) is 0 Å². The van der Waals surface area contributed by atoms with Crippen molar-refractivity contribution in [2.75, 3.05) is 31.1 Å². The Bertz CT molecular complexity index is 1170. The highest BCUT2D eigenvalue weighted by Gasteiger charge is 2.32. The molecule has 1 aliphatic rings. The lowest BCUT2D eigenvalue weighted by molar-refractivity contribution is -0.137. The number of halogens is 4. The summed E-state index contributed by atoms with van der Waals surface area (Å²) < 4.78 is 40.1. The van der Waals surface area contributed by atoms with Gasteiger partial charge in [0.2, 0.25) is 0 Å². The fourth-order valence-electron chi connectivity index (χ4n) is 3.83.